The quantitative estimate of drug-likeness (QED) is 0.779. The van der Waals surface area contributed by atoms with E-state index in [-0.39, 0.29) is 6.54 Å². The van der Waals surface area contributed by atoms with Gasteiger partial charge >= 0.3 is 12.1 Å². The molecule has 1 atom stereocenters. The molecule has 5 nitrogen and oxygen atoms in total. The molecule has 0 aliphatic heterocycles. The summed E-state index contributed by atoms with van der Waals surface area (Å²) in [5.41, 5.74) is -0.558. The topological polar surface area (TPSA) is 66.8 Å². The van der Waals surface area contributed by atoms with E-state index >= 15 is 0 Å². The van der Waals surface area contributed by atoms with Gasteiger partial charge in [0.1, 0.15) is 5.60 Å². The molecule has 0 radical (unpaired) electrons. The van der Waals surface area contributed by atoms with Crippen LogP contribution in [0.1, 0.15) is 27.7 Å². The molecule has 1 amide bonds. The summed E-state index contributed by atoms with van der Waals surface area (Å²) >= 11 is 0. The lowest BCUT2D eigenvalue weighted by molar-refractivity contribution is -0.141. The van der Waals surface area contributed by atoms with Gasteiger partial charge in [-0.3, -0.25) is 4.79 Å². The molecule has 0 bridgehead atoms. The molecule has 0 spiro atoms. The summed E-state index contributed by atoms with van der Waals surface area (Å²) in [6, 6.07) is 0. The Balaban J connectivity index is 4.17. The zero-order valence-electron chi connectivity index (χ0n) is 9.90. The van der Waals surface area contributed by atoms with Crippen LogP contribution in [0.3, 0.4) is 0 Å². The van der Waals surface area contributed by atoms with Gasteiger partial charge in [-0.1, -0.05) is 6.92 Å². The van der Waals surface area contributed by atoms with E-state index in [1.165, 1.54) is 11.9 Å². The summed E-state index contributed by atoms with van der Waals surface area (Å²) in [5.74, 6) is -1.52. The van der Waals surface area contributed by atoms with E-state index in [4.69, 9.17) is 9.84 Å². The first-order valence-electron chi connectivity index (χ1n) is 4.80. The number of rotatable bonds is 3. The first kappa shape index (κ1) is 13.7. The number of hydrogen-bond acceptors (Lipinski definition) is 3. The lowest BCUT2D eigenvalue weighted by atomic mass is 10.2. The summed E-state index contributed by atoms with van der Waals surface area (Å²) < 4.78 is 5.07. The lowest BCUT2D eigenvalue weighted by Crippen LogP contribution is -2.37. The van der Waals surface area contributed by atoms with Crippen LogP contribution in [0, 0.1) is 5.92 Å². The Morgan fingerprint density at radius 3 is 2.20 bits per heavy atom. The largest absolute Gasteiger partial charge is 0.481 e. The molecule has 1 N–H and O–H groups in total. The van der Waals surface area contributed by atoms with Crippen molar-refractivity contribution in [3.05, 3.63) is 0 Å². The fourth-order valence-electron chi connectivity index (χ4n) is 0.903. The second-order valence-electron chi connectivity index (χ2n) is 4.60. The van der Waals surface area contributed by atoms with E-state index in [9.17, 15) is 9.59 Å². The molecule has 0 aromatic heterocycles. The van der Waals surface area contributed by atoms with Crippen LogP contribution in [-0.4, -0.2) is 41.3 Å². The fourth-order valence-corrected chi connectivity index (χ4v) is 0.903. The van der Waals surface area contributed by atoms with E-state index < -0.39 is 23.6 Å². The highest BCUT2D eigenvalue weighted by atomic mass is 16.6. The van der Waals surface area contributed by atoms with E-state index in [1.54, 1.807) is 27.7 Å². The summed E-state index contributed by atoms with van der Waals surface area (Å²) in [4.78, 5) is 23.3. The molecule has 0 saturated heterocycles. The molecule has 88 valence electrons. The minimum atomic E-state index is -0.926. The normalized spacial score (nSPS) is 13.1. The van der Waals surface area contributed by atoms with Gasteiger partial charge in [-0.25, -0.2) is 4.79 Å². The van der Waals surface area contributed by atoms with Crippen LogP contribution in [0.5, 0.6) is 0 Å². The van der Waals surface area contributed by atoms with Crippen LogP contribution >= 0.6 is 0 Å². The minimum Gasteiger partial charge on any atom is -0.481 e. The van der Waals surface area contributed by atoms with Gasteiger partial charge in [0.15, 0.2) is 0 Å². The standard InChI is InChI=1S/C10H19NO4/c1-7(8(12)13)6-11(5)9(14)15-10(2,3)4/h7H,6H2,1-5H3,(H,12,13)/t7-/m0/s1. The highest BCUT2D eigenvalue weighted by Gasteiger charge is 2.22. The van der Waals surface area contributed by atoms with Crippen molar-refractivity contribution in [2.45, 2.75) is 33.3 Å². The molecule has 0 heterocycles. The number of carbonyl (C=O) groups is 2. The van der Waals surface area contributed by atoms with Crippen molar-refractivity contribution < 1.29 is 19.4 Å². The van der Waals surface area contributed by atoms with E-state index in [0.717, 1.165) is 0 Å². The van der Waals surface area contributed by atoms with Crippen molar-refractivity contribution in [1.82, 2.24) is 4.90 Å². The second-order valence-corrected chi connectivity index (χ2v) is 4.60. The van der Waals surface area contributed by atoms with E-state index in [1.807, 2.05) is 0 Å². The molecular weight excluding hydrogens is 198 g/mol. The summed E-state index contributed by atoms with van der Waals surface area (Å²) in [7, 11) is 1.52. The molecule has 0 unspecified atom stereocenters. The van der Waals surface area contributed by atoms with Crippen LogP contribution < -0.4 is 0 Å². The van der Waals surface area contributed by atoms with Gasteiger partial charge in [-0.05, 0) is 20.8 Å². The number of carbonyl (C=O) groups excluding carboxylic acids is 1. The lowest BCUT2D eigenvalue weighted by Gasteiger charge is -2.25. The Labute approximate surface area is 90.0 Å². The van der Waals surface area contributed by atoms with Crippen molar-refractivity contribution in [1.29, 1.82) is 0 Å². The number of amides is 1. The zero-order valence-corrected chi connectivity index (χ0v) is 9.90. The average molecular weight is 217 g/mol. The molecule has 0 fully saturated rings. The number of nitrogens with zero attached hydrogens (tertiary/aromatic N) is 1. The van der Waals surface area contributed by atoms with Crippen LogP contribution in [0.25, 0.3) is 0 Å². The minimum absolute atomic E-state index is 0.143. The van der Waals surface area contributed by atoms with Crippen LogP contribution in [0.4, 0.5) is 4.79 Å². The SMILES string of the molecule is C[C@@H](CN(C)C(=O)OC(C)(C)C)C(=O)O. The highest BCUT2D eigenvalue weighted by molar-refractivity contribution is 5.72. The summed E-state index contributed by atoms with van der Waals surface area (Å²) in [5, 5.41) is 8.67. The monoisotopic (exact) mass is 217 g/mol. The molecule has 15 heavy (non-hydrogen) atoms. The number of carboxylic acid groups (broad SMARTS) is 1. The van der Waals surface area contributed by atoms with Crippen LogP contribution in [-0.2, 0) is 9.53 Å². The molecule has 0 aromatic carbocycles. The molecule has 0 aliphatic rings. The highest BCUT2D eigenvalue weighted by Crippen LogP contribution is 2.10. The third kappa shape index (κ3) is 5.93. The van der Waals surface area contributed by atoms with E-state index in [0.29, 0.717) is 0 Å². The number of hydrogen-bond donors (Lipinski definition) is 1. The molecule has 0 aliphatic carbocycles. The molecule has 0 rings (SSSR count). The number of ether oxygens (including phenoxy) is 1. The predicted molar refractivity (Wildman–Crippen MR) is 55.7 cm³/mol. The molecule has 0 saturated carbocycles. The maximum absolute atomic E-state index is 11.4. The van der Waals surface area contributed by atoms with Crippen molar-refractivity contribution >= 4 is 12.1 Å². The van der Waals surface area contributed by atoms with Crippen molar-refractivity contribution in [2.24, 2.45) is 5.92 Å². The Hall–Kier alpha value is -1.26. The first-order valence-corrected chi connectivity index (χ1v) is 4.80. The van der Waals surface area contributed by atoms with Gasteiger partial charge in [0.2, 0.25) is 0 Å². The zero-order chi connectivity index (χ0) is 12.2. The third-order valence-corrected chi connectivity index (χ3v) is 1.67. The predicted octanol–water partition coefficient (Wildman–Crippen LogP) is 1.57. The Morgan fingerprint density at radius 2 is 1.87 bits per heavy atom. The molecular formula is C10H19NO4. The summed E-state index contributed by atoms with van der Waals surface area (Å²) in [6.45, 7) is 6.98. The molecule has 5 heteroatoms. The van der Waals surface area contributed by atoms with Gasteiger partial charge in [0, 0.05) is 13.6 Å². The van der Waals surface area contributed by atoms with Crippen LogP contribution in [0.2, 0.25) is 0 Å². The van der Waals surface area contributed by atoms with Gasteiger partial charge in [-0.15, -0.1) is 0 Å². The van der Waals surface area contributed by atoms with Crippen molar-refractivity contribution in [3.63, 3.8) is 0 Å². The van der Waals surface area contributed by atoms with Gasteiger partial charge in [0.25, 0.3) is 0 Å². The smallest absolute Gasteiger partial charge is 0.410 e. The molecule has 0 aromatic rings. The van der Waals surface area contributed by atoms with Gasteiger partial charge in [0.05, 0.1) is 5.92 Å². The van der Waals surface area contributed by atoms with Crippen molar-refractivity contribution in [2.75, 3.05) is 13.6 Å². The average Bonchev–Trinajstić information content (AvgIpc) is 2.00. The Kier molecular flexibility index (Phi) is 4.58. The number of aliphatic carboxylic acids is 1. The van der Waals surface area contributed by atoms with Crippen LogP contribution in [0.15, 0.2) is 0 Å². The third-order valence-electron chi connectivity index (χ3n) is 1.67. The number of carboxylic acids is 1. The fraction of sp³-hybridized carbons (Fsp3) is 0.800. The van der Waals surface area contributed by atoms with Crippen molar-refractivity contribution in [3.8, 4) is 0 Å². The first-order chi connectivity index (χ1) is 6.63. The Morgan fingerprint density at radius 1 is 1.40 bits per heavy atom. The Bertz CT molecular complexity index is 244. The van der Waals surface area contributed by atoms with Gasteiger partial charge in [-0.2, -0.15) is 0 Å². The van der Waals surface area contributed by atoms with E-state index in [2.05, 4.69) is 0 Å². The summed E-state index contributed by atoms with van der Waals surface area (Å²) in [6.07, 6.45) is -0.504. The maximum atomic E-state index is 11.4. The second kappa shape index (κ2) is 5.00. The maximum Gasteiger partial charge on any atom is 0.410 e. The van der Waals surface area contributed by atoms with Gasteiger partial charge < -0.3 is 14.7 Å².